The van der Waals surface area contributed by atoms with Gasteiger partial charge in [-0.2, -0.15) is 5.26 Å². The van der Waals surface area contributed by atoms with E-state index < -0.39 is 0 Å². The second-order valence-electron chi connectivity index (χ2n) is 6.04. The minimum absolute atomic E-state index is 0.0637. The van der Waals surface area contributed by atoms with Gasteiger partial charge in [0.1, 0.15) is 11.9 Å². The van der Waals surface area contributed by atoms with E-state index in [1.807, 2.05) is 12.1 Å². The third kappa shape index (κ3) is 3.75. The molecule has 2 aromatic carbocycles. The third-order valence-electron chi connectivity index (χ3n) is 4.49. The van der Waals surface area contributed by atoms with Crippen molar-refractivity contribution in [3.05, 3.63) is 64.4 Å². The van der Waals surface area contributed by atoms with Crippen molar-refractivity contribution in [1.29, 1.82) is 5.26 Å². The Kier molecular flexibility index (Phi) is 5.20. The van der Waals surface area contributed by atoms with E-state index in [0.717, 1.165) is 18.5 Å². The van der Waals surface area contributed by atoms with Crippen LogP contribution in [0, 0.1) is 17.1 Å². The molecule has 0 aromatic heterocycles. The van der Waals surface area contributed by atoms with Gasteiger partial charge in [0.05, 0.1) is 10.6 Å². The number of nitriles is 1. The summed E-state index contributed by atoms with van der Waals surface area (Å²) in [5, 5.41) is 9.42. The fraction of sp³-hybridized carbons (Fsp3) is 0.263. The van der Waals surface area contributed by atoms with Crippen LogP contribution in [0.3, 0.4) is 0 Å². The standard InChI is InChI=1S/C19H17ClFN3O/c20-18-9-16(6-5-14(18)10-22)24(17-7-8-23(12-17)13-25)11-15-3-1-2-4-19(15)21/h1-6,9,13,17H,7-8,11-12H2. The number of hydrogen-bond acceptors (Lipinski definition) is 3. The lowest BCUT2D eigenvalue weighted by atomic mass is 10.1. The topological polar surface area (TPSA) is 47.3 Å². The van der Waals surface area contributed by atoms with Crippen molar-refractivity contribution in [3.8, 4) is 6.07 Å². The van der Waals surface area contributed by atoms with Crippen LogP contribution in [0.1, 0.15) is 17.5 Å². The van der Waals surface area contributed by atoms with Gasteiger partial charge in [0.15, 0.2) is 0 Å². The quantitative estimate of drug-likeness (QED) is 0.768. The zero-order valence-electron chi connectivity index (χ0n) is 13.5. The molecule has 0 bridgehead atoms. The summed E-state index contributed by atoms with van der Waals surface area (Å²) in [7, 11) is 0. The summed E-state index contributed by atoms with van der Waals surface area (Å²) < 4.78 is 14.1. The van der Waals surface area contributed by atoms with Crippen LogP contribution in [0.15, 0.2) is 42.5 Å². The fourth-order valence-electron chi connectivity index (χ4n) is 3.13. The van der Waals surface area contributed by atoms with Gasteiger partial charge >= 0.3 is 0 Å². The summed E-state index contributed by atoms with van der Waals surface area (Å²) in [6.45, 7) is 1.62. The molecule has 1 fully saturated rings. The Bertz CT molecular complexity index is 821. The molecule has 1 heterocycles. The fourth-order valence-corrected chi connectivity index (χ4v) is 3.35. The molecule has 1 amide bonds. The van der Waals surface area contributed by atoms with Crippen LogP contribution in [-0.2, 0) is 11.3 Å². The molecule has 1 aliphatic heterocycles. The molecule has 0 aliphatic carbocycles. The second kappa shape index (κ2) is 7.54. The van der Waals surface area contributed by atoms with E-state index in [4.69, 9.17) is 16.9 Å². The van der Waals surface area contributed by atoms with Crippen molar-refractivity contribution in [2.24, 2.45) is 0 Å². The summed E-state index contributed by atoms with van der Waals surface area (Å²) >= 11 is 6.18. The number of hydrogen-bond donors (Lipinski definition) is 0. The Balaban J connectivity index is 1.94. The number of benzene rings is 2. The van der Waals surface area contributed by atoms with Gasteiger partial charge in [0.2, 0.25) is 6.41 Å². The van der Waals surface area contributed by atoms with Crippen LogP contribution >= 0.6 is 11.6 Å². The van der Waals surface area contributed by atoms with Crippen molar-refractivity contribution in [3.63, 3.8) is 0 Å². The lowest BCUT2D eigenvalue weighted by Crippen LogP contribution is -2.37. The molecule has 2 aromatic rings. The van der Waals surface area contributed by atoms with E-state index in [-0.39, 0.29) is 11.9 Å². The van der Waals surface area contributed by atoms with Gasteiger partial charge in [-0.3, -0.25) is 4.79 Å². The van der Waals surface area contributed by atoms with Gasteiger partial charge in [0, 0.05) is 36.9 Å². The normalized spacial score (nSPS) is 16.5. The molecular formula is C19H17ClFN3O. The maximum Gasteiger partial charge on any atom is 0.209 e. The zero-order valence-corrected chi connectivity index (χ0v) is 14.3. The highest BCUT2D eigenvalue weighted by molar-refractivity contribution is 6.32. The van der Waals surface area contributed by atoms with Crippen molar-refractivity contribution < 1.29 is 9.18 Å². The summed E-state index contributed by atoms with van der Waals surface area (Å²) in [6.07, 6.45) is 1.64. The zero-order chi connectivity index (χ0) is 17.8. The Labute approximate surface area is 151 Å². The predicted octanol–water partition coefficient (Wildman–Crippen LogP) is 3.59. The lowest BCUT2D eigenvalue weighted by Gasteiger charge is -2.31. The molecule has 0 saturated carbocycles. The first-order valence-electron chi connectivity index (χ1n) is 8.01. The number of rotatable bonds is 5. The van der Waals surface area contributed by atoms with E-state index in [0.29, 0.717) is 35.8 Å². The number of amides is 1. The van der Waals surface area contributed by atoms with Crippen LogP contribution in [0.25, 0.3) is 0 Å². The Hall–Kier alpha value is -2.58. The number of anilines is 1. The van der Waals surface area contributed by atoms with Crippen molar-refractivity contribution in [2.75, 3.05) is 18.0 Å². The number of nitrogens with zero attached hydrogens (tertiary/aromatic N) is 3. The highest BCUT2D eigenvalue weighted by Crippen LogP contribution is 2.29. The summed E-state index contributed by atoms with van der Waals surface area (Å²) in [6, 6.07) is 14.0. The molecule has 0 radical (unpaired) electrons. The van der Waals surface area contributed by atoms with Gasteiger partial charge in [-0.25, -0.2) is 4.39 Å². The van der Waals surface area contributed by atoms with Gasteiger partial charge in [0.25, 0.3) is 0 Å². The number of carbonyl (C=O) groups excluding carboxylic acids is 1. The highest BCUT2D eigenvalue weighted by atomic mass is 35.5. The molecule has 1 aliphatic rings. The summed E-state index contributed by atoms with van der Waals surface area (Å²) in [5.74, 6) is -0.266. The number of carbonyl (C=O) groups is 1. The molecule has 4 nitrogen and oxygen atoms in total. The Morgan fingerprint density at radius 2 is 2.16 bits per heavy atom. The van der Waals surface area contributed by atoms with Gasteiger partial charge in [-0.05, 0) is 30.7 Å². The van der Waals surface area contributed by atoms with Crippen molar-refractivity contribution in [1.82, 2.24) is 4.90 Å². The van der Waals surface area contributed by atoms with E-state index in [9.17, 15) is 9.18 Å². The van der Waals surface area contributed by atoms with Crippen LogP contribution in [0.4, 0.5) is 10.1 Å². The molecular weight excluding hydrogens is 341 g/mol. The molecule has 128 valence electrons. The van der Waals surface area contributed by atoms with Gasteiger partial charge < -0.3 is 9.80 Å². The maximum atomic E-state index is 14.1. The maximum absolute atomic E-state index is 14.1. The second-order valence-corrected chi connectivity index (χ2v) is 6.45. The predicted molar refractivity (Wildman–Crippen MR) is 94.8 cm³/mol. The molecule has 6 heteroatoms. The number of halogens is 2. The molecule has 25 heavy (non-hydrogen) atoms. The van der Waals surface area contributed by atoms with Gasteiger partial charge in [-0.1, -0.05) is 29.8 Å². The average Bonchev–Trinajstić information content (AvgIpc) is 3.10. The van der Waals surface area contributed by atoms with Crippen LogP contribution in [-0.4, -0.2) is 30.4 Å². The average molecular weight is 358 g/mol. The molecule has 0 N–H and O–H groups in total. The smallest absolute Gasteiger partial charge is 0.209 e. The summed E-state index contributed by atoms with van der Waals surface area (Å²) in [5.41, 5.74) is 1.79. The third-order valence-corrected chi connectivity index (χ3v) is 4.80. The van der Waals surface area contributed by atoms with Gasteiger partial charge in [-0.15, -0.1) is 0 Å². The first-order valence-corrected chi connectivity index (χ1v) is 8.39. The molecule has 0 spiro atoms. The highest BCUT2D eigenvalue weighted by Gasteiger charge is 2.28. The Morgan fingerprint density at radius 3 is 2.80 bits per heavy atom. The SMILES string of the molecule is N#Cc1ccc(N(Cc2ccccc2F)C2CCN(C=O)C2)cc1Cl. The van der Waals surface area contributed by atoms with Crippen LogP contribution in [0.5, 0.6) is 0 Å². The Morgan fingerprint density at radius 1 is 1.36 bits per heavy atom. The minimum atomic E-state index is -0.266. The lowest BCUT2D eigenvalue weighted by molar-refractivity contribution is -0.117. The molecule has 1 saturated heterocycles. The minimum Gasteiger partial charge on any atom is -0.362 e. The molecule has 1 unspecified atom stereocenters. The first-order chi connectivity index (χ1) is 12.1. The van der Waals surface area contributed by atoms with Crippen molar-refractivity contribution >= 4 is 23.7 Å². The largest absolute Gasteiger partial charge is 0.362 e. The first kappa shape index (κ1) is 17.2. The van der Waals surface area contributed by atoms with E-state index in [2.05, 4.69) is 4.90 Å². The van der Waals surface area contributed by atoms with Crippen LogP contribution in [0.2, 0.25) is 5.02 Å². The monoisotopic (exact) mass is 357 g/mol. The van der Waals surface area contributed by atoms with E-state index >= 15 is 0 Å². The summed E-state index contributed by atoms with van der Waals surface area (Å²) in [4.78, 5) is 14.8. The molecule has 3 rings (SSSR count). The van der Waals surface area contributed by atoms with Crippen LogP contribution < -0.4 is 4.90 Å². The van der Waals surface area contributed by atoms with Crippen molar-refractivity contribution in [2.45, 2.75) is 19.0 Å². The van der Waals surface area contributed by atoms with E-state index in [1.54, 1.807) is 35.2 Å². The van der Waals surface area contributed by atoms with E-state index in [1.165, 1.54) is 6.07 Å². The molecule has 1 atom stereocenters. The number of likely N-dealkylation sites (tertiary alicyclic amines) is 1.